The monoisotopic (exact) mass is 255 g/mol. The smallest absolute Gasteiger partial charge is 0.245 e. The summed E-state index contributed by atoms with van der Waals surface area (Å²) in [5.41, 5.74) is 0.168. The summed E-state index contributed by atoms with van der Waals surface area (Å²) >= 11 is 0. The van der Waals surface area contributed by atoms with Crippen molar-refractivity contribution >= 4 is 5.91 Å². The molecule has 0 fully saturated rings. The molecule has 0 unspecified atom stereocenters. The number of nitrogens with one attached hydrogen (secondary N) is 1. The van der Waals surface area contributed by atoms with E-state index < -0.39 is 17.9 Å². The van der Waals surface area contributed by atoms with Crippen LogP contribution in [-0.4, -0.2) is 31.3 Å². The Bertz CT molecular complexity index is 432. The van der Waals surface area contributed by atoms with Crippen molar-refractivity contribution in [2.75, 3.05) is 20.3 Å². The third-order valence-corrected chi connectivity index (χ3v) is 2.76. The number of hydrogen-bond acceptors (Lipinski definition) is 3. The van der Waals surface area contributed by atoms with Gasteiger partial charge in [0.2, 0.25) is 5.91 Å². The van der Waals surface area contributed by atoms with Crippen molar-refractivity contribution in [3.63, 3.8) is 0 Å². The molecule has 0 radical (unpaired) electrons. The highest BCUT2D eigenvalue weighted by Crippen LogP contribution is 2.31. The normalized spacial score (nSPS) is 11.2. The van der Waals surface area contributed by atoms with Gasteiger partial charge in [-0.2, -0.15) is 0 Å². The fourth-order valence-electron chi connectivity index (χ4n) is 1.68. The van der Waals surface area contributed by atoms with Crippen LogP contribution in [0.3, 0.4) is 0 Å². The lowest BCUT2D eigenvalue weighted by atomic mass is 9.83. The quantitative estimate of drug-likeness (QED) is 0.831. The first kappa shape index (κ1) is 14.4. The first-order chi connectivity index (χ1) is 8.40. The minimum atomic E-state index is -0.559. The third-order valence-electron chi connectivity index (χ3n) is 2.76. The first-order valence-corrected chi connectivity index (χ1v) is 5.62. The Morgan fingerprint density at radius 1 is 1.50 bits per heavy atom. The molecular formula is C13H18FNO3. The molecule has 5 heteroatoms. The van der Waals surface area contributed by atoms with E-state index >= 15 is 0 Å². The fraction of sp³-hybridized carbons (Fsp3) is 0.462. The van der Waals surface area contributed by atoms with Gasteiger partial charge in [0.15, 0.2) is 0 Å². The summed E-state index contributed by atoms with van der Waals surface area (Å²) in [6.07, 6.45) is 0. The van der Waals surface area contributed by atoms with Crippen LogP contribution in [0.15, 0.2) is 18.2 Å². The molecule has 1 rings (SSSR count). The molecule has 18 heavy (non-hydrogen) atoms. The summed E-state index contributed by atoms with van der Waals surface area (Å²) in [6.45, 7) is 3.45. The summed E-state index contributed by atoms with van der Waals surface area (Å²) in [5.74, 6) is -0.245. The number of aliphatic hydroxyl groups is 1. The van der Waals surface area contributed by atoms with E-state index in [1.807, 2.05) is 13.8 Å². The highest BCUT2D eigenvalue weighted by molar-refractivity contribution is 5.77. The molecule has 0 saturated heterocycles. The lowest BCUT2D eigenvalue weighted by Gasteiger charge is -2.27. The van der Waals surface area contributed by atoms with E-state index in [4.69, 9.17) is 9.84 Å². The number of benzene rings is 1. The highest BCUT2D eigenvalue weighted by Gasteiger charge is 2.25. The molecule has 0 saturated carbocycles. The molecular weight excluding hydrogens is 237 g/mol. The van der Waals surface area contributed by atoms with Gasteiger partial charge in [-0.05, 0) is 18.2 Å². The van der Waals surface area contributed by atoms with Crippen molar-refractivity contribution < 1.29 is 19.0 Å². The van der Waals surface area contributed by atoms with Crippen LogP contribution >= 0.6 is 0 Å². The van der Waals surface area contributed by atoms with E-state index in [-0.39, 0.29) is 12.4 Å². The van der Waals surface area contributed by atoms with Crippen molar-refractivity contribution in [1.82, 2.24) is 5.32 Å². The van der Waals surface area contributed by atoms with Crippen molar-refractivity contribution in [2.24, 2.45) is 0 Å². The minimum absolute atomic E-state index is 0.284. The average Bonchev–Trinajstić information content (AvgIpc) is 2.36. The predicted octanol–water partition coefficient (Wildman–Crippen LogP) is 1.22. The molecule has 0 aliphatic heterocycles. The van der Waals surface area contributed by atoms with Gasteiger partial charge in [-0.15, -0.1) is 0 Å². The number of rotatable bonds is 5. The zero-order chi connectivity index (χ0) is 13.8. The molecule has 1 aromatic carbocycles. The van der Waals surface area contributed by atoms with Crippen molar-refractivity contribution in [3.05, 3.63) is 29.6 Å². The minimum Gasteiger partial charge on any atom is -0.496 e. The molecule has 100 valence electrons. The van der Waals surface area contributed by atoms with Crippen LogP contribution in [0.5, 0.6) is 5.75 Å². The maximum atomic E-state index is 13.3. The number of ether oxygens (including phenoxy) is 1. The molecule has 0 atom stereocenters. The summed E-state index contributed by atoms with van der Waals surface area (Å²) in [6, 6.07) is 4.27. The van der Waals surface area contributed by atoms with Crippen LogP contribution in [0.25, 0.3) is 0 Å². The zero-order valence-electron chi connectivity index (χ0n) is 10.8. The van der Waals surface area contributed by atoms with Crippen molar-refractivity contribution in [3.8, 4) is 5.75 Å². The summed E-state index contributed by atoms with van der Waals surface area (Å²) in [4.78, 5) is 11.0. The van der Waals surface area contributed by atoms with Gasteiger partial charge in [-0.1, -0.05) is 13.8 Å². The van der Waals surface area contributed by atoms with Gasteiger partial charge in [0.1, 0.15) is 18.2 Å². The molecule has 0 aliphatic carbocycles. The van der Waals surface area contributed by atoms with Crippen LogP contribution in [0, 0.1) is 5.82 Å². The Labute approximate surface area is 106 Å². The lowest BCUT2D eigenvalue weighted by Crippen LogP contribution is -2.38. The number of hydrogen-bond donors (Lipinski definition) is 2. The zero-order valence-corrected chi connectivity index (χ0v) is 10.8. The SMILES string of the molecule is COc1ccc(F)cc1C(C)(C)CNC(=O)CO. The van der Waals surface area contributed by atoms with Crippen LogP contribution in [0.4, 0.5) is 4.39 Å². The topological polar surface area (TPSA) is 58.6 Å². The van der Waals surface area contributed by atoms with Gasteiger partial charge in [0, 0.05) is 17.5 Å². The van der Waals surface area contributed by atoms with E-state index in [0.29, 0.717) is 11.3 Å². The molecule has 1 amide bonds. The van der Waals surface area contributed by atoms with Gasteiger partial charge in [-0.3, -0.25) is 4.79 Å². The van der Waals surface area contributed by atoms with Gasteiger partial charge in [0.05, 0.1) is 7.11 Å². The number of amides is 1. The van der Waals surface area contributed by atoms with E-state index in [1.54, 1.807) is 6.07 Å². The number of carbonyl (C=O) groups is 1. The predicted molar refractivity (Wildman–Crippen MR) is 66.1 cm³/mol. The van der Waals surface area contributed by atoms with E-state index in [9.17, 15) is 9.18 Å². The Kier molecular flexibility index (Phi) is 4.67. The molecule has 4 nitrogen and oxygen atoms in total. The van der Waals surface area contributed by atoms with Crippen LogP contribution in [-0.2, 0) is 10.2 Å². The maximum Gasteiger partial charge on any atom is 0.245 e. The number of aliphatic hydroxyl groups excluding tert-OH is 1. The lowest BCUT2D eigenvalue weighted by molar-refractivity contribution is -0.124. The second-order valence-corrected chi connectivity index (χ2v) is 4.66. The van der Waals surface area contributed by atoms with Crippen molar-refractivity contribution in [2.45, 2.75) is 19.3 Å². The fourth-order valence-corrected chi connectivity index (χ4v) is 1.68. The van der Waals surface area contributed by atoms with E-state index in [0.717, 1.165) is 0 Å². The number of carbonyl (C=O) groups excluding carboxylic acids is 1. The van der Waals surface area contributed by atoms with Gasteiger partial charge >= 0.3 is 0 Å². The second kappa shape index (κ2) is 5.82. The van der Waals surface area contributed by atoms with Crippen LogP contribution in [0.2, 0.25) is 0 Å². The summed E-state index contributed by atoms with van der Waals surface area (Å²) in [5, 5.41) is 11.2. The van der Waals surface area contributed by atoms with E-state index in [1.165, 1.54) is 19.2 Å². The number of methoxy groups -OCH3 is 1. The van der Waals surface area contributed by atoms with Gasteiger partial charge in [0.25, 0.3) is 0 Å². The Hall–Kier alpha value is -1.62. The average molecular weight is 255 g/mol. The number of halogens is 1. The van der Waals surface area contributed by atoms with Gasteiger partial charge in [-0.25, -0.2) is 4.39 Å². The van der Waals surface area contributed by atoms with Crippen LogP contribution in [0.1, 0.15) is 19.4 Å². The Morgan fingerprint density at radius 2 is 2.17 bits per heavy atom. The Balaban J connectivity index is 2.95. The molecule has 0 aromatic heterocycles. The van der Waals surface area contributed by atoms with Crippen molar-refractivity contribution in [1.29, 1.82) is 0 Å². The third kappa shape index (κ3) is 3.43. The molecule has 1 aromatic rings. The largest absolute Gasteiger partial charge is 0.496 e. The maximum absolute atomic E-state index is 13.3. The molecule has 0 spiro atoms. The Morgan fingerprint density at radius 3 is 2.72 bits per heavy atom. The van der Waals surface area contributed by atoms with E-state index in [2.05, 4.69) is 5.32 Å². The molecule has 0 bridgehead atoms. The standard InChI is InChI=1S/C13H18FNO3/c1-13(2,8-15-12(17)7-16)10-6-9(14)4-5-11(10)18-3/h4-6,16H,7-8H2,1-3H3,(H,15,17). The summed E-state index contributed by atoms with van der Waals surface area (Å²) in [7, 11) is 1.51. The van der Waals surface area contributed by atoms with Crippen LogP contribution < -0.4 is 10.1 Å². The highest BCUT2D eigenvalue weighted by atomic mass is 19.1. The second-order valence-electron chi connectivity index (χ2n) is 4.66. The van der Waals surface area contributed by atoms with Gasteiger partial charge < -0.3 is 15.2 Å². The summed E-state index contributed by atoms with van der Waals surface area (Å²) < 4.78 is 18.5. The first-order valence-electron chi connectivity index (χ1n) is 5.62. The molecule has 2 N–H and O–H groups in total. The molecule has 0 heterocycles. The molecule has 0 aliphatic rings.